The Morgan fingerprint density at radius 1 is 1.23 bits per heavy atom. The van der Waals surface area contributed by atoms with Crippen LogP contribution in [0.15, 0.2) is 12.3 Å². The number of carbonyl (C=O) groups excluding carboxylic acids is 1. The van der Waals surface area contributed by atoms with Crippen LogP contribution in [0.5, 0.6) is 0 Å². The molecule has 7 nitrogen and oxygen atoms in total. The maximum atomic E-state index is 11.5. The van der Waals surface area contributed by atoms with Gasteiger partial charge in [0.25, 0.3) is 0 Å². The third-order valence-electron chi connectivity index (χ3n) is 5.66. The monoisotopic (exact) mass is 357 g/mol. The van der Waals surface area contributed by atoms with Crippen LogP contribution in [0, 0.1) is 0 Å². The van der Waals surface area contributed by atoms with Crippen molar-refractivity contribution < 1.29 is 18.8 Å². The third-order valence-corrected chi connectivity index (χ3v) is 5.66. The van der Waals surface area contributed by atoms with Crippen LogP contribution in [0.4, 0.5) is 0 Å². The highest BCUT2D eigenvalue weighted by atomic mass is 16.7. The maximum absolute atomic E-state index is 11.5. The van der Waals surface area contributed by atoms with Crippen LogP contribution in [-0.4, -0.2) is 46.0 Å². The fraction of sp³-hybridized carbons (Fsp3) is 0.611. The van der Waals surface area contributed by atoms with Crippen molar-refractivity contribution in [1.82, 2.24) is 14.8 Å². The highest BCUT2D eigenvalue weighted by molar-refractivity contribution is 6.62. The van der Waals surface area contributed by atoms with Gasteiger partial charge in [-0.2, -0.15) is 5.10 Å². The van der Waals surface area contributed by atoms with E-state index in [1.807, 2.05) is 33.8 Å². The number of rotatable bonds is 3. The molecule has 0 aromatic carbocycles. The summed E-state index contributed by atoms with van der Waals surface area (Å²) in [5.74, 6) is 0. The molecule has 4 rings (SSSR count). The minimum atomic E-state index is -0.523. The first kappa shape index (κ1) is 17.6. The molecular weight excluding hydrogens is 333 g/mol. The third kappa shape index (κ3) is 2.76. The van der Waals surface area contributed by atoms with Crippen molar-refractivity contribution in [3.63, 3.8) is 0 Å². The van der Waals surface area contributed by atoms with Gasteiger partial charge in [0, 0.05) is 23.7 Å². The van der Waals surface area contributed by atoms with E-state index in [4.69, 9.17) is 14.0 Å². The molecule has 0 N–H and O–H groups in total. The smallest absolute Gasteiger partial charge is 0.399 e. The van der Waals surface area contributed by atoms with Gasteiger partial charge in [0.1, 0.15) is 5.69 Å². The van der Waals surface area contributed by atoms with Crippen LogP contribution in [0.2, 0.25) is 0 Å². The zero-order valence-corrected chi connectivity index (χ0v) is 15.7. The molecule has 0 bridgehead atoms. The molecule has 2 aromatic rings. The number of carbonyl (C=O) groups is 1. The molecule has 0 saturated carbocycles. The Balaban J connectivity index is 1.73. The summed E-state index contributed by atoms with van der Waals surface area (Å²) in [7, 11) is -0.523. The predicted octanol–water partition coefficient (Wildman–Crippen LogP) is 2.24. The van der Waals surface area contributed by atoms with Crippen molar-refractivity contribution in [2.75, 3.05) is 6.61 Å². The van der Waals surface area contributed by atoms with Gasteiger partial charge in [-0.05, 0) is 53.0 Å². The Bertz CT molecular complexity index is 826. The molecule has 1 atom stereocenters. The van der Waals surface area contributed by atoms with E-state index in [0.717, 1.165) is 31.0 Å². The lowest BCUT2D eigenvalue weighted by atomic mass is 9.80. The summed E-state index contributed by atoms with van der Waals surface area (Å²) in [5.41, 5.74) is 0.933. The summed E-state index contributed by atoms with van der Waals surface area (Å²) in [4.78, 5) is 16.1. The lowest BCUT2D eigenvalue weighted by Crippen LogP contribution is -2.41. The van der Waals surface area contributed by atoms with E-state index in [1.165, 1.54) is 0 Å². The fourth-order valence-corrected chi connectivity index (χ4v) is 3.37. The second-order valence-corrected chi connectivity index (χ2v) is 8.00. The molecule has 8 heteroatoms. The molecule has 0 aliphatic carbocycles. The molecule has 1 unspecified atom stereocenters. The molecule has 138 valence electrons. The molecule has 2 aliphatic heterocycles. The van der Waals surface area contributed by atoms with Gasteiger partial charge >= 0.3 is 7.12 Å². The van der Waals surface area contributed by atoms with E-state index in [1.54, 1.807) is 10.9 Å². The van der Waals surface area contributed by atoms with E-state index in [2.05, 4.69) is 10.1 Å². The number of nitrogens with zero attached hydrogens (tertiary/aromatic N) is 3. The standard InChI is InChI=1S/C18H24BN3O4/c1-17(2)18(3,4)26-19(25-17)12-9-13-14(11-23)21-22(16(13)20-10-12)15-7-5-6-8-24-15/h9-11,15H,5-8H2,1-4H3. The molecule has 2 saturated heterocycles. The lowest BCUT2D eigenvalue weighted by Gasteiger charge is -2.32. The van der Waals surface area contributed by atoms with E-state index in [9.17, 15) is 4.79 Å². The zero-order valence-electron chi connectivity index (χ0n) is 15.7. The maximum Gasteiger partial charge on any atom is 0.496 e. The summed E-state index contributed by atoms with van der Waals surface area (Å²) in [6, 6.07) is 1.89. The van der Waals surface area contributed by atoms with Crippen molar-refractivity contribution in [2.24, 2.45) is 0 Å². The van der Waals surface area contributed by atoms with Crippen molar-refractivity contribution in [3.05, 3.63) is 18.0 Å². The number of fused-ring (bicyclic) bond motifs is 1. The van der Waals surface area contributed by atoms with Crippen LogP contribution >= 0.6 is 0 Å². The lowest BCUT2D eigenvalue weighted by molar-refractivity contribution is -0.0370. The number of pyridine rings is 1. The second kappa shape index (κ2) is 6.15. The summed E-state index contributed by atoms with van der Waals surface area (Å²) in [6.45, 7) is 8.74. The Morgan fingerprint density at radius 3 is 2.58 bits per heavy atom. The van der Waals surface area contributed by atoms with Crippen LogP contribution < -0.4 is 5.46 Å². The zero-order chi connectivity index (χ0) is 18.5. The molecule has 4 heterocycles. The Hall–Kier alpha value is -1.77. The first-order valence-electron chi connectivity index (χ1n) is 9.13. The van der Waals surface area contributed by atoms with Gasteiger partial charge in [0.15, 0.2) is 18.2 Å². The fourth-order valence-electron chi connectivity index (χ4n) is 3.37. The second-order valence-electron chi connectivity index (χ2n) is 8.00. The van der Waals surface area contributed by atoms with Crippen LogP contribution in [-0.2, 0) is 14.0 Å². The average Bonchev–Trinajstić information content (AvgIpc) is 3.09. The number of hydrogen-bond acceptors (Lipinski definition) is 6. The minimum Gasteiger partial charge on any atom is -0.399 e. The minimum absolute atomic E-state index is 0.171. The highest BCUT2D eigenvalue weighted by Crippen LogP contribution is 2.36. The normalized spacial score (nSPS) is 24.9. The van der Waals surface area contributed by atoms with Crippen molar-refractivity contribution in [1.29, 1.82) is 0 Å². The van der Waals surface area contributed by atoms with Gasteiger partial charge in [0.05, 0.1) is 11.2 Å². The van der Waals surface area contributed by atoms with Crippen LogP contribution in [0.3, 0.4) is 0 Å². The van der Waals surface area contributed by atoms with Crippen LogP contribution in [0.1, 0.15) is 63.7 Å². The van der Waals surface area contributed by atoms with E-state index in [0.29, 0.717) is 23.3 Å². The van der Waals surface area contributed by atoms with E-state index in [-0.39, 0.29) is 6.23 Å². The predicted molar refractivity (Wildman–Crippen MR) is 97.5 cm³/mol. The van der Waals surface area contributed by atoms with Gasteiger partial charge in [-0.25, -0.2) is 9.67 Å². The number of hydrogen-bond donors (Lipinski definition) is 0. The summed E-state index contributed by atoms with van der Waals surface area (Å²) in [5, 5.41) is 5.13. The Kier molecular flexibility index (Phi) is 4.17. The summed E-state index contributed by atoms with van der Waals surface area (Å²) >= 11 is 0. The average molecular weight is 357 g/mol. The first-order valence-corrected chi connectivity index (χ1v) is 9.13. The number of aromatic nitrogens is 3. The summed E-state index contributed by atoms with van der Waals surface area (Å²) in [6.07, 6.45) is 5.33. The van der Waals surface area contributed by atoms with Crippen molar-refractivity contribution in [2.45, 2.75) is 64.4 Å². The van der Waals surface area contributed by atoms with Gasteiger partial charge in [-0.1, -0.05) is 0 Å². The molecule has 26 heavy (non-hydrogen) atoms. The molecule has 0 radical (unpaired) electrons. The Morgan fingerprint density at radius 2 is 1.96 bits per heavy atom. The number of aldehydes is 1. The Labute approximate surface area is 153 Å². The molecule has 2 fully saturated rings. The highest BCUT2D eigenvalue weighted by Gasteiger charge is 2.51. The van der Waals surface area contributed by atoms with Gasteiger partial charge < -0.3 is 14.0 Å². The molecule has 2 aliphatic rings. The molecular formula is C18H24BN3O4. The van der Waals surface area contributed by atoms with Gasteiger partial charge in [-0.3, -0.25) is 4.79 Å². The van der Waals surface area contributed by atoms with Crippen molar-refractivity contribution in [3.8, 4) is 0 Å². The van der Waals surface area contributed by atoms with Crippen LogP contribution in [0.25, 0.3) is 11.0 Å². The van der Waals surface area contributed by atoms with Gasteiger partial charge in [-0.15, -0.1) is 0 Å². The number of ether oxygens (including phenoxy) is 1. The first-order chi connectivity index (χ1) is 12.3. The topological polar surface area (TPSA) is 75.5 Å². The molecule has 0 amide bonds. The molecule has 0 spiro atoms. The van der Waals surface area contributed by atoms with E-state index < -0.39 is 18.3 Å². The molecule has 2 aromatic heterocycles. The largest absolute Gasteiger partial charge is 0.496 e. The summed E-state index contributed by atoms with van der Waals surface area (Å²) < 4.78 is 19.7. The quantitative estimate of drug-likeness (QED) is 0.620. The SMILES string of the molecule is CC1(C)OB(c2cnc3c(c2)c(C=O)nn3C2CCCCO2)OC1(C)C. The van der Waals surface area contributed by atoms with E-state index >= 15 is 0 Å². The van der Waals surface area contributed by atoms with Gasteiger partial charge in [0.2, 0.25) is 0 Å². The van der Waals surface area contributed by atoms with Crippen molar-refractivity contribution >= 4 is 29.9 Å².